The largest absolute Gasteiger partial charge is 0.299 e. The van der Waals surface area contributed by atoms with Crippen LogP contribution in [0.25, 0.3) is 0 Å². The number of piperidine rings is 1. The van der Waals surface area contributed by atoms with Crippen molar-refractivity contribution in [3.8, 4) is 0 Å². The van der Waals surface area contributed by atoms with Crippen LogP contribution in [-0.4, -0.2) is 41.8 Å². The van der Waals surface area contributed by atoms with Crippen LogP contribution in [0.5, 0.6) is 0 Å². The molecule has 0 spiro atoms. The Morgan fingerprint density at radius 2 is 1.51 bits per heavy atom. The lowest BCUT2D eigenvalue weighted by Gasteiger charge is -2.32. The van der Waals surface area contributed by atoms with Crippen LogP contribution < -0.4 is 0 Å². The van der Waals surface area contributed by atoms with Crippen LogP contribution in [-0.2, 0) is 31.3 Å². The van der Waals surface area contributed by atoms with Gasteiger partial charge in [0.2, 0.25) is 0 Å². The molecule has 0 amide bonds. The summed E-state index contributed by atoms with van der Waals surface area (Å²) in [5, 5.41) is 0.866. The standard InChI is InChI=1S/C37H47ClN2O.2ClH/c1-37(2,3)34-11-6-9-29(24-34)26-39-22-18-30-14-15-32(25-31(30)19-23-39)36(41)13-7-8-28-16-20-40(21-17-28)27-33-10-4-5-12-35(33)38;;/h4-6,9-12,14-15,24-25,28H,7-8,13,16-23,26-27H2,1-3H3;2*1H. The Balaban J connectivity index is 0.00000253. The summed E-state index contributed by atoms with van der Waals surface area (Å²) < 4.78 is 0. The van der Waals surface area contributed by atoms with Crippen LogP contribution in [0.3, 0.4) is 0 Å². The SMILES string of the molecule is CC(C)(C)c1cccc(CN2CCc3ccc(C(=O)CCCC4CCN(Cc5ccccc5Cl)CC4)cc3CC2)c1.Cl.Cl. The van der Waals surface area contributed by atoms with Crippen molar-refractivity contribution in [2.45, 2.75) is 84.2 Å². The average Bonchev–Trinajstić information content (AvgIpc) is 3.16. The number of carbonyl (C=O) groups excluding carboxylic acids is 1. The Morgan fingerprint density at radius 1 is 0.814 bits per heavy atom. The fourth-order valence-electron chi connectivity index (χ4n) is 6.49. The van der Waals surface area contributed by atoms with E-state index < -0.39 is 0 Å². The smallest absolute Gasteiger partial charge is 0.162 e. The van der Waals surface area contributed by atoms with E-state index in [2.05, 4.69) is 85.2 Å². The molecule has 0 unspecified atom stereocenters. The summed E-state index contributed by atoms with van der Waals surface area (Å²) in [6, 6.07) is 23.8. The lowest BCUT2D eigenvalue weighted by molar-refractivity contribution is 0.0974. The van der Waals surface area contributed by atoms with E-state index in [1.807, 2.05) is 12.1 Å². The van der Waals surface area contributed by atoms with E-state index in [0.717, 1.165) is 81.5 Å². The predicted molar refractivity (Wildman–Crippen MR) is 186 cm³/mol. The number of halogens is 3. The predicted octanol–water partition coefficient (Wildman–Crippen LogP) is 9.35. The number of likely N-dealkylation sites (tertiary alicyclic amines) is 1. The van der Waals surface area contributed by atoms with Gasteiger partial charge in [0, 0.05) is 43.2 Å². The second kappa shape index (κ2) is 16.4. The third-order valence-electron chi connectivity index (χ3n) is 9.20. The first kappa shape index (κ1) is 35.6. The van der Waals surface area contributed by atoms with Crippen molar-refractivity contribution in [1.82, 2.24) is 9.80 Å². The van der Waals surface area contributed by atoms with Gasteiger partial charge in [-0.15, -0.1) is 24.8 Å². The van der Waals surface area contributed by atoms with Gasteiger partial charge in [0.25, 0.3) is 0 Å². The number of fused-ring (bicyclic) bond motifs is 1. The van der Waals surface area contributed by atoms with E-state index in [-0.39, 0.29) is 30.2 Å². The Morgan fingerprint density at radius 3 is 2.23 bits per heavy atom. The second-order valence-corrected chi connectivity index (χ2v) is 13.7. The number of rotatable bonds is 9. The van der Waals surface area contributed by atoms with Crippen molar-refractivity contribution in [3.05, 3.63) is 105 Å². The molecular formula is C37H49Cl3N2O. The van der Waals surface area contributed by atoms with E-state index in [1.165, 1.54) is 40.7 Å². The minimum atomic E-state index is 0. The Hall–Kier alpha value is -1.88. The van der Waals surface area contributed by atoms with Gasteiger partial charge < -0.3 is 0 Å². The fraction of sp³-hybridized carbons (Fsp3) is 0.486. The van der Waals surface area contributed by atoms with E-state index in [4.69, 9.17) is 11.6 Å². The number of hydrogen-bond acceptors (Lipinski definition) is 3. The Kier molecular flexibility index (Phi) is 13.6. The molecule has 0 bridgehead atoms. The van der Waals surface area contributed by atoms with Crippen molar-refractivity contribution in [2.75, 3.05) is 26.2 Å². The number of Topliss-reactive ketones (excluding diaryl/α,β-unsaturated/α-hetero) is 1. The topological polar surface area (TPSA) is 23.6 Å². The monoisotopic (exact) mass is 642 g/mol. The number of nitrogens with zero attached hydrogens (tertiary/aromatic N) is 2. The van der Waals surface area contributed by atoms with Crippen molar-refractivity contribution < 1.29 is 4.79 Å². The van der Waals surface area contributed by atoms with Gasteiger partial charge in [-0.3, -0.25) is 14.6 Å². The van der Waals surface area contributed by atoms with Gasteiger partial charge >= 0.3 is 0 Å². The summed E-state index contributed by atoms with van der Waals surface area (Å²) in [5.41, 5.74) is 7.87. The highest BCUT2D eigenvalue weighted by atomic mass is 35.5. The third kappa shape index (κ3) is 10.1. The first-order valence-corrected chi connectivity index (χ1v) is 16.0. The summed E-state index contributed by atoms with van der Waals surface area (Å²) in [6.07, 6.45) is 7.31. The second-order valence-electron chi connectivity index (χ2n) is 13.3. The molecule has 0 saturated carbocycles. The molecule has 234 valence electrons. The van der Waals surface area contributed by atoms with Crippen LogP contribution >= 0.6 is 36.4 Å². The van der Waals surface area contributed by atoms with Crippen molar-refractivity contribution >= 4 is 42.2 Å². The highest BCUT2D eigenvalue weighted by Crippen LogP contribution is 2.27. The Labute approximate surface area is 277 Å². The molecule has 3 aromatic carbocycles. The molecule has 2 heterocycles. The van der Waals surface area contributed by atoms with Gasteiger partial charge in [-0.2, -0.15) is 0 Å². The normalized spacial score (nSPS) is 16.5. The summed E-state index contributed by atoms with van der Waals surface area (Å²) in [4.78, 5) is 18.2. The van der Waals surface area contributed by atoms with Crippen molar-refractivity contribution in [1.29, 1.82) is 0 Å². The van der Waals surface area contributed by atoms with E-state index in [1.54, 1.807) is 0 Å². The van der Waals surface area contributed by atoms with Crippen LogP contribution in [0, 0.1) is 5.92 Å². The van der Waals surface area contributed by atoms with Crippen molar-refractivity contribution in [2.24, 2.45) is 5.92 Å². The first-order chi connectivity index (χ1) is 19.7. The van der Waals surface area contributed by atoms with Crippen LogP contribution in [0.2, 0.25) is 5.02 Å². The fourth-order valence-corrected chi connectivity index (χ4v) is 6.69. The Bertz CT molecular complexity index is 1330. The number of carbonyl (C=O) groups is 1. The van der Waals surface area contributed by atoms with E-state index in [0.29, 0.717) is 12.2 Å². The molecular weight excluding hydrogens is 595 g/mol. The van der Waals surface area contributed by atoms with Gasteiger partial charge in [-0.25, -0.2) is 0 Å². The lowest BCUT2D eigenvalue weighted by Crippen LogP contribution is -2.33. The first-order valence-electron chi connectivity index (χ1n) is 15.7. The molecule has 2 aliphatic rings. The molecule has 43 heavy (non-hydrogen) atoms. The number of benzene rings is 3. The molecule has 1 saturated heterocycles. The third-order valence-corrected chi connectivity index (χ3v) is 9.57. The van der Waals surface area contributed by atoms with Crippen LogP contribution in [0.15, 0.2) is 66.7 Å². The summed E-state index contributed by atoms with van der Waals surface area (Å²) in [5.74, 6) is 1.04. The van der Waals surface area contributed by atoms with Gasteiger partial charge in [0.05, 0.1) is 0 Å². The molecule has 2 aliphatic heterocycles. The zero-order chi connectivity index (χ0) is 28.8. The average molecular weight is 644 g/mol. The van der Waals surface area contributed by atoms with Gasteiger partial charge in [-0.1, -0.05) is 87.0 Å². The maximum Gasteiger partial charge on any atom is 0.162 e. The van der Waals surface area contributed by atoms with E-state index >= 15 is 0 Å². The zero-order valence-corrected chi connectivity index (χ0v) is 28.5. The highest BCUT2D eigenvalue weighted by Gasteiger charge is 2.21. The van der Waals surface area contributed by atoms with E-state index in [9.17, 15) is 4.79 Å². The zero-order valence-electron chi connectivity index (χ0n) is 26.1. The number of hydrogen-bond donors (Lipinski definition) is 0. The molecule has 1 fully saturated rings. The lowest BCUT2D eigenvalue weighted by atomic mass is 9.86. The summed E-state index contributed by atoms with van der Waals surface area (Å²) >= 11 is 6.36. The number of ketones is 1. The molecule has 0 aromatic heterocycles. The molecule has 0 radical (unpaired) electrons. The van der Waals surface area contributed by atoms with Gasteiger partial charge in [0.1, 0.15) is 0 Å². The van der Waals surface area contributed by atoms with Gasteiger partial charge in [-0.05, 0) is 103 Å². The molecule has 3 nitrogen and oxygen atoms in total. The molecule has 3 aromatic rings. The van der Waals surface area contributed by atoms with Gasteiger partial charge in [0.15, 0.2) is 5.78 Å². The maximum atomic E-state index is 13.1. The minimum Gasteiger partial charge on any atom is -0.299 e. The summed E-state index contributed by atoms with van der Waals surface area (Å²) in [7, 11) is 0. The van der Waals surface area contributed by atoms with Crippen LogP contribution in [0.4, 0.5) is 0 Å². The van der Waals surface area contributed by atoms with Crippen molar-refractivity contribution in [3.63, 3.8) is 0 Å². The molecule has 6 heteroatoms. The molecule has 5 rings (SSSR count). The highest BCUT2D eigenvalue weighted by molar-refractivity contribution is 6.31. The molecule has 0 N–H and O–H groups in total. The minimum absolute atomic E-state index is 0. The quantitative estimate of drug-likeness (QED) is 0.217. The molecule has 0 atom stereocenters. The maximum absolute atomic E-state index is 13.1. The summed E-state index contributed by atoms with van der Waals surface area (Å²) in [6.45, 7) is 13.1. The van der Waals surface area contributed by atoms with Crippen LogP contribution in [0.1, 0.15) is 91.1 Å². The molecule has 0 aliphatic carbocycles.